The highest BCUT2D eigenvalue weighted by molar-refractivity contribution is 6.33. The predicted octanol–water partition coefficient (Wildman–Crippen LogP) is 1.70. The number of nitrogens with zero attached hydrogens (tertiary/aromatic N) is 1. The number of benzene rings is 1. The number of pyridine rings is 1. The van der Waals surface area contributed by atoms with E-state index in [1.54, 1.807) is 36.4 Å². The third-order valence-electron chi connectivity index (χ3n) is 2.84. The van der Waals surface area contributed by atoms with Crippen molar-refractivity contribution in [2.45, 2.75) is 6.42 Å². The Morgan fingerprint density at radius 2 is 1.95 bits per heavy atom. The van der Waals surface area contributed by atoms with Gasteiger partial charge in [0, 0.05) is 6.54 Å². The predicted molar refractivity (Wildman–Crippen MR) is 81.2 cm³/mol. The first-order valence-electron chi connectivity index (χ1n) is 6.29. The van der Waals surface area contributed by atoms with E-state index in [1.807, 2.05) is 0 Å². The van der Waals surface area contributed by atoms with Gasteiger partial charge < -0.3 is 15.8 Å². The van der Waals surface area contributed by atoms with E-state index in [2.05, 4.69) is 15.7 Å². The number of carbonyl (C=O) groups excluding carboxylic acids is 1. The SMILES string of the molecule is NNc1ccc(Cl)c(C(=O)NCCc2ccc(O)cc2)n1. The first-order valence-corrected chi connectivity index (χ1v) is 6.67. The minimum Gasteiger partial charge on any atom is -0.508 e. The molecule has 0 aliphatic heterocycles. The van der Waals surface area contributed by atoms with Gasteiger partial charge in [0.25, 0.3) is 5.91 Å². The highest BCUT2D eigenvalue weighted by Gasteiger charge is 2.12. The van der Waals surface area contributed by atoms with Crippen LogP contribution in [0, 0.1) is 0 Å². The lowest BCUT2D eigenvalue weighted by Gasteiger charge is -2.08. The lowest BCUT2D eigenvalue weighted by Crippen LogP contribution is -2.27. The van der Waals surface area contributed by atoms with E-state index in [9.17, 15) is 9.90 Å². The van der Waals surface area contributed by atoms with Crippen LogP contribution in [-0.4, -0.2) is 22.5 Å². The lowest BCUT2D eigenvalue weighted by molar-refractivity contribution is 0.0949. The molecular weight excluding hydrogens is 292 g/mol. The van der Waals surface area contributed by atoms with Crippen molar-refractivity contribution in [1.82, 2.24) is 10.3 Å². The number of nitrogen functional groups attached to an aromatic ring is 1. The monoisotopic (exact) mass is 306 g/mol. The highest BCUT2D eigenvalue weighted by atomic mass is 35.5. The zero-order valence-corrected chi connectivity index (χ0v) is 11.9. The van der Waals surface area contributed by atoms with Crippen molar-refractivity contribution < 1.29 is 9.90 Å². The van der Waals surface area contributed by atoms with Gasteiger partial charge in [0.1, 0.15) is 17.3 Å². The summed E-state index contributed by atoms with van der Waals surface area (Å²) in [6, 6.07) is 9.93. The number of hydrogen-bond acceptors (Lipinski definition) is 5. The van der Waals surface area contributed by atoms with Gasteiger partial charge in [-0.2, -0.15) is 0 Å². The molecule has 0 saturated carbocycles. The molecule has 2 rings (SSSR count). The first-order chi connectivity index (χ1) is 10.1. The minimum absolute atomic E-state index is 0.123. The Bertz CT molecular complexity index is 631. The van der Waals surface area contributed by atoms with Gasteiger partial charge in [0.15, 0.2) is 0 Å². The summed E-state index contributed by atoms with van der Waals surface area (Å²) in [5, 5.41) is 12.2. The quantitative estimate of drug-likeness (QED) is 0.497. The molecule has 1 heterocycles. The molecule has 21 heavy (non-hydrogen) atoms. The van der Waals surface area contributed by atoms with Crippen LogP contribution in [0.4, 0.5) is 5.82 Å². The van der Waals surface area contributed by atoms with Crippen LogP contribution in [0.2, 0.25) is 5.02 Å². The van der Waals surface area contributed by atoms with E-state index in [1.165, 1.54) is 0 Å². The van der Waals surface area contributed by atoms with Gasteiger partial charge in [-0.15, -0.1) is 0 Å². The number of halogens is 1. The molecular formula is C14H15ClN4O2. The number of rotatable bonds is 5. The third-order valence-corrected chi connectivity index (χ3v) is 3.15. The summed E-state index contributed by atoms with van der Waals surface area (Å²) in [6.45, 7) is 0.432. The van der Waals surface area contributed by atoms with Gasteiger partial charge in [-0.1, -0.05) is 23.7 Å². The number of aromatic hydroxyl groups is 1. The topological polar surface area (TPSA) is 100 Å². The molecule has 0 fully saturated rings. The number of aromatic nitrogens is 1. The van der Waals surface area contributed by atoms with Gasteiger partial charge in [-0.3, -0.25) is 4.79 Å². The molecule has 1 aromatic carbocycles. The minimum atomic E-state index is -0.365. The second-order valence-corrected chi connectivity index (χ2v) is 4.75. The van der Waals surface area contributed by atoms with Crippen LogP contribution in [0.3, 0.4) is 0 Å². The molecule has 6 nitrogen and oxygen atoms in total. The van der Waals surface area contributed by atoms with Crippen molar-refractivity contribution in [3.8, 4) is 5.75 Å². The lowest BCUT2D eigenvalue weighted by atomic mass is 10.1. The Balaban J connectivity index is 1.94. The van der Waals surface area contributed by atoms with Crippen LogP contribution in [0.15, 0.2) is 36.4 Å². The van der Waals surface area contributed by atoms with E-state index < -0.39 is 0 Å². The van der Waals surface area contributed by atoms with Crippen molar-refractivity contribution >= 4 is 23.3 Å². The maximum atomic E-state index is 12.0. The fourth-order valence-corrected chi connectivity index (χ4v) is 1.94. The largest absolute Gasteiger partial charge is 0.508 e. The zero-order valence-electron chi connectivity index (χ0n) is 11.1. The number of hydrogen-bond donors (Lipinski definition) is 4. The van der Waals surface area contributed by atoms with Gasteiger partial charge in [-0.25, -0.2) is 10.8 Å². The third kappa shape index (κ3) is 4.08. The molecule has 5 N–H and O–H groups in total. The number of nitrogens with two attached hydrogens (primary N) is 1. The maximum absolute atomic E-state index is 12.0. The van der Waals surface area contributed by atoms with Gasteiger partial charge in [-0.05, 0) is 36.2 Å². The molecule has 0 atom stereocenters. The average Bonchev–Trinajstić information content (AvgIpc) is 2.49. The number of amides is 1. The summed E-state index contributed by atoms with van der Waals surface area (Å²) in [4.78, 5) is 16.0. The zero-order chi connectivity index (χ0) is 15.2. The van der Waals surface area contributed by atoms with Crippen LogP contribution in [0.1, 0.15) is 16.1 Å². The molecule has 0 spiro atoms. The van der Waals surface area contributed by atoms with Crippen molar-refractivity contribution in [3.63, 3.8) is 0 Å². The Labute approximate surface area is 126 Å². The van der Waals surface area contributed by atoms with Crippen molar-refractivity contribution in [2.75, 3.05) is 12.0 Å². The maximum Gasteiger partial charge on any atom is 0.271 e. The number of anilines is 1. The average molecular weight is 307 g/mol. The molecule has 0 aliphatic carbocycles. The fourth-order valence-electron chi connectivity index (χ4n) is 1.75. The molecule has 0 unspecified atom stereocenters. The summed E-state index contributed by atoms with van der Waals surface area (Å²) < 4.78 is 0. The molecule has 0 bridgehead atoms. The van der Waals surface area contributed by atoms with Gasteiger partial charge in [0.05, 0.1) is 5.02 Å². The smallest absolute Gasteiger partial charge is 0.271 e. The van der Waals surface area contributed by atoms with E-state index in [4.69, 9.17) is 17.4 Å². The number of phenolic OH excluding ortho intramolecular Hbond substituents is 1. The summed E-state index contributed by atoms with van der Waals surface area (Å²) in [5.41, 5.74) is 3.49. The van der Waals surface area contributed by atoms with Crippen LogP contribution in [-0.2, 0) is 6.42 Å². The number of carbonyl (C=O) groups is 1. The standard InChI is InChI=1S/C14H15ClN4O2/c15-11-5-6-12(19-16)18-13(11)14(21)17-8-7-9-1-3-10(20)4-2-9/h1-6,20H,7-8,16H2,(H,17,21)(H,18,19). The van der Waals surface area contributed by atoms with Crippen LogP contribution >= 0.6 is 11.6 Å². The van der Waals surface area contributed by atoms with Crippen LogP contribution in [0.25, 0.3) is 0 Å². The van der Waals surface area contributed by atoms with Crippen molar-refractivity contribution in [2.24, 2.45) is 5.84 Å². The summed E-state index contributed by atoms with van der Waals surface area (Å²) in [5.74, 6) is 5.46. The van der Waals surface area contributed by atoms with E-state index in [-0.39, 0.29) is 22.4 Å². The molecule has 2 aromatic rings. The second-order valence-electron chi connectivity index (χ2n) is 4.34. The van der Waals surface area contributed by atoms with Crippen molar-refractivity contribution in [1.29, 1.82) is 0 Å². The molecule has 1 amide bonds. The van der Waals surface area contributed by atoms with Gasteiger partial charge >= 0.3 is 0 Å². The van der Waals surface area contributed by atoms with Crippen molar-refractivity contribution in [3.05, 3.63) is 52.7 Å². The molecule has 0 radical (unpaired) electrons. The van der Waals surface area contributed by atoms with Crippen LogP contribution in [0.5, 0.6) is 5.75 Å². The molecule has 0 aliphatic rings. The van der Waals surface area contributed by atoms with E-state index >= 15 is 0 Å². The van der Waals surface area contributed by atoms with Gasteiger partial charge in [0.2, 0.25) is 0 Å². The molecule has 110 valence electrons. The summed E-state index contributed by atoms with van der Waals surface area (Å²) in [7, 11) is 0. The molecule has 0 saturated heterocycles. The van der Waals surface area contributed by atoms with E-state index in [0.717, 1.165) is 5.56 Å². The van der Waals surface area contributed by atoms with E-state index in [0.29, 0.717) is 18.8 Å². The summed E-state index contributed by atoms with van der Waals surface area (Å²) in [6.07, 6.45) is 0.637. The Kier molecular flexibility index (Phi) is 4.97. The normalized spacial score (nSPS) is 10.2. The molecule has 7 heteroatoms. The molecule has 1 aromatic heterocycles. The Morgan fingerprint density at radius 1 is 1.24 bits per heavy atom. The fraction of sp³-hybridized carbons (Fsp3) is 0.143. The van der Waals surface area contributed by atoms with Crippen LogP contribution < -0.4 is 16.6 Å². The second kappa shape index (κ2) is 6.92. The first kappa shape index (κ1) is 15.1. The highest BCUT2D eigenvalue weighted by Crippen LogP contribution is 2.16. The number of hydrazine groups is 1. The summed E-state index contributed by atoms with van der Waals surface area (Å²) >= 11 is 5.94. The Hall–Kier alpha value is -2.31. The number of phenols is 1. The number of nitrogens with one attached hydrogen (secondary N) is 2. The Morgan fingerprint density at radius 3 is 2.62 bits per heavy atom.